The van der Waals surface area contributed by atoms with Crippen molar-refractivity contribution in [3.05, 3.63) is 22.2 Å². The zero-order chi connectivity index (χ0) is 11.3. The Bertz CT molecular complexity index is 362. The van der Waals surface area contributed by atoms with Crippen LogP contribution in [0.25, 0.3) is 0 Å². The van der Waals surface area contributed by atoms with Crippen molar-refractivity contribution < 1.29 is 0 Å². The van der Waals surface area contributed by atoms with Crippen LogP contribution in [0, 0.1) is 0 Å². The fourth-order valence-corrected chi connectivity index (χ4v) is 1.43. The van der Waals surface area contributed by atoms with E-state index in [2.05, 4.69) is 15.3 Å². The number of H-pyrrole nitrogens is 1. The van der Waals surface area contributed by atoms with E-state index in [0.717, 1.165) is 18.1 Å². The van der Waals surface area contributed by atoms with Gasteiger partial charge < -0.3 is 10.3 Å². The Morgan fingerprint density at radius 3 is 2.93 bits per heavy atom. The van der Waals surface area contributed by atoms with Crippen LogP contribution in [0.1, 0.15) is 25.6 Å². The first kappa shape index (κ1) is 12.1. The standard InChI is InChI=1S/C10H17N3OS/c1-7(2)10-12-8(6-9(14)13-10)11-4-5-15-3/h6-7H,4-5H2,1-3H3,(H2,11,12,13,14). The van der Waals surface area contributed by atoms with Gasteiger partial charge in [-0.25, -0.2) is 4.98 Å². The van der Waals surface area contributed by atoms with Crippen molar-refractivity contribution in [2.75, 3.05) is 23.9 Å². The number of hydrogen-bond acceptors (Lipinski definition) is 4. The monoisotopic (exact) mass is 227 g/mol. The van der Waals surface area contributed by atoms with E-state index in [0.29, 0.717) is 5.82 Å². The third-order valence-corrected chi connectivity index (χ3v) is 2.53. The molecule has 0 fully saturated rings. The molecule has 0 spiro atoms. The molecule has 0 unspecified atom stereocenters. The van der Waals surface area contributed by atoms with E-state index >= 15 is 0 Å². The van der Waals surface area contributed by atoms with Crippen molar-refractivity contribution >= 4 is 17.6 Å². The zero-order valence-corrected chi connectivity index (χ0v) is 10.1. The number of anilines is 1. The molecule has 0 atom stereocenters. The summed E-state index contributed by atoms with van der Waals surface area (Å²) in [5, 5.41) is 3.13. The highest BCUT2D eigenvalue weighted by atomic mass is 32.2. The van der Waals surface area contributed by atoms with Gasteiger partial charge in [-0.1, -0.05) is 13.8 Å². The lowest BCUT2D eigenvalue weighted by molar-refractivity contribution is 0.767. The molecule has 1 aromatic heterocycles. The van der Waals surface area contributed by atoms with E-state index in [4.69, 9.17) is 0 Å². The molecule has 0 radical (unpaired) electrons. The summed E-state index contributed by atoms with van der Waals surface area (Å²) in [7, 11) is 0. The Hall–Kier alpha value is -0.970. The number of thioether (sulfide) groups is 1. The van der Waals surface area contributed by atoms with Gasteiger partial charge in [-0.05, 0) is 6.26 Å². The van der Waals surface area contributed by atoms with Crippen LogP contribution in [0.2, 0.25) is 0 Å². The number of rotatable bonds is 5. The van der Waals surface area contributed by atoms with Gasteiger partial charge in [0, 0.05) is 24.3 Å². The summed E-state index contributed by atoms with van der Waals surface area (Å²) in [5.41, 5.74) is -0.0969. The van der Waals surface area contributed by atoms with Crippen molar-refractivity contribution in [1.29, 1.82) is 0 Å². The molecular formula is C10H17N3OS. The fraction of sp³-hybridized carbons (Fsp3) is 0.600. The van der Waals surface area contributed by atoms with Gasteiger partial charge in [0.1, 0.15) is 11.6 Å². The Morgan fingerprint density at radius 2 is 2.33 bits per heavy atom. The lowest BCUT2D eigenvalue weighted by Gasteiger charge is -2.08. The summed E-state index contributed by atoms with van der Waals surface area (Å²) in [5.74, 6) is 2.64. The Morgan fingerprint density at radius 1 is 1.60 bits per heavy atom. The van der Waals surface area contributed by atoms with Crippen molar-refractivity contribution in [1.82, 2.24) is 9.97 Å². The molecule has 0 aromatic carbocycles. The highest BCUT2D eigenvalue weighted by Crippen LogP contribution is 2.08. The third-order valence-electron chi connectivity index (χ3n) is 1.92. The van der Waals surface area contributed by atoms with E-state index in [1.807, 2.05) is 20.1 Å². The number of aromatic amines is 1. The Labute approximate surface area is 93.9 Å². The lowest BCUT2D eigenvalue weighted by Crippen LogP contribution is -2.15. The topological polar surface area (TPSA) is 57.8 Å². The third kappa shape index (κ3) is 3.95. The maximum Gasteiger partial charge on any atom is 0.252 e. The van der Waals surface area contributed by atoms with Gasteiger partial charge in [0.2, 0.25) is 0 Å². The molecular weight excluding hydrogens is 210 g/mol. The molecule has 5 heteroatoms. The van der Waals surface area contributed by atoms with Crippen molar-refractivity contribution in [3.63, 3.8) is 0 Å². The van der Waals surface area contributed by atoms with Crippen LogP contribution in [0.15, 0.2) is 10.9 Å². The minimum atomic E-state index is -0.0969. The van der Waals surface area contributed by atoms with Crippen molar-refractivity contribution in [2.24, 2.45) is 0 Å². The highest BCUT2D eigenvalue weighted by Gasteiger charge is 2.04. The average Bonchev–Trinajstić information content (AvgIpc) is 2.17. The van der Waals surface area contributed by atoms with Crippen LogP contribution in [-0.4, -0.2) is 28.5 Å². The van der Waals surface area contributed by atoms with Crippen LogP contribution in [0.3, 0.4) is 0 Å². The molecule has 0 aliphatic carbocycles. The average molecular weight is 227 g/mol. The Balaban J connectivity index is 2.75. The fourth-order valence-electron chi connectivity index (χ4n) is 1.12. The van der Waals surface area contributed by atoms with Gasteiger partial charge in [-0.15, -0.1) is 0 Å². The summed E-state index contributed by atoms with van der Waals surface area (Å²) >= 11 is 1.76. The zero-order valence-electron chi connectivity index (χ0n) is 9.33. The van der Waals surface area contributed by atoms with Gasteiger partial charge in [-0.3, -0.25) is 4.79 Å². The molecule has 0 aliphatic heterocycles. The van der Waals surface area contributed by atoms with Crippen LogP contribution in [-0.2, 0) is 0 Å². The van der Waals surface area contributed by atoms with Crippen LogP contribution < -0.4 is 10.9 Å². The number of nitrogens with one attached hydrogen (secondary N) is 2. The van der Waals surface area contributed by atoms with Gasteiger partial charge in [-0.2, -0.15) is 11.8 Å². The normalized spacial score (nSPS) is 10.7. The number of aromatic nitrogens is 2. The molecule has 1 heterocycles. The van der Waals surface area contributed by atoms with E-state index in [-0.39, 0.29) is 11.5 Å². The summed E-state index contributed by atoms with van der Waals surface area (Å²) in [6, 6.07) is 1.49. The van der Waals surface area contributed by atoms with Crippen LogP contribution in [0.5, 0.6) is 0 Å². The van der Waals surface area contributed by atoms with Gasteiger partial charge in [0.25, 0.3) is 5.56 Å². The summed E-state index contributed by atoms with van der Waals surface area (Å²) < 4.78 is 0. The largest absolute Gasteiger partial charge is 0.369 e. The second-order valence-corrected chi connectivity index (χ2v) is 4.58. The Kier molecular flexibility index (Phi) is 4.68. The van der Waals surface area contributed by atoms with Gasteiger partial charge >= 0.3 is 0 Å². The first-order valence-electron chi connectivity index (χ1n) is 4.97. The second-order valence-electron chi connectivity index (χ2n) is 3.59. The van der Waals surface area contributed by atoms with E-state index in [1.165, 1.54) is 6.07 Å². The molecule has 4 nitrogen and oxygen atoms in total. The minimum Gasteiger partial charge on any atom is -0.369 e. The SMILES string of the molecule is CSCCNc1cc(=O)[nH]c(C(C)C)n1. The molecule has 0 amide bonds. The molecule has 1 rings (SSSR count). The first-order valence-corrected chi connectivity index (χ1v) is 6.37. The predicted octanol–water partition coefficient (Wildman–Crippen LogP) is 1.67. The summed E-state index contributed by atoms with van der Waals surface area (Å²) in [6.07, 6.45) is 2.05. The quantitative estimate of drug-likeness (QED) is 0.751. The number of hydrogen-bond donors (Lipinski definition) is 2. The lowest BCUT2D eigenvalue weighted by atomic mass is 10.2. The van der Waals surface area contributed by atoms with Crippen molar-refractivity contribution in [3.8, 4) is 0 Å². The summed E-state index contributed by atoms with van der Waals surface area (Å²) in [4.78, 5) is 18.4. The molecule has 0 saturated heterocycles. The first-order chi connectivity index (χ1) is 7.13. The second kappa shape index (κ2) is 5.80. The van der Waals surface area contributed by atoms with Crippen molar-refractivity contribution in [2.45, 2.75) is 19.8 Å². The summed E-state index contributed by atoms with van der Waals surface area (Å²) in [6.45, 7) is 4.84. The van der Waals surface area contributed by atoms with E-state index < -0.39 is 0 Å². The molecule has 0 aliphatic rings. The predicted molar refractivity (Wildman–Crippen MR) is 65.8 cm³/mol. The smallest absolute Gasteiger partial charge is 0.252 e. The molecule has 0 saturated carbocycles. The molecule has 1 aromatic rings. The molecule has 15 heavy (non-hydrogen) atoms. The van der Waals surface area contributed by atoms with E-state index in [1.54, 1.807) is 11.8 Å². The van der Waals surface area contributed by atoms with Gasteiger partial charge in [0.05, 0.1) is 0 Å². The molecule has 84 valence electrons. The maximum atomic E-state index is 11.3. The van der Waals surface area contributed by atoms with Crippen LogP contribution >= 0.6 is 11.8 Å². The number of nitrogens with zero attached hydrogens (tertiary/aromatic N) is 1. The van der Waals surface area contributed by atoms with E-state index in [9.17, 15) is 4.79 Å². The van der Waals surface area contributed by atoms with Crippen LogP contribution in [0.4, 0.5) is 5.82 Å². The van der Waals surface area contributed by atoms with Gasteiger partial charge in [0.15, 0.2) is 0 Å². The highest BCUT2D eigenvalue weighted by molar-refractivity contribution is 7.98. The molecule has 0 bridgehead atoms. The maximum absolute atomic E-state index is 11.3. The molecule has 2 N–H and O–H groups in total. The minimum absolute atomic E-state index is 0.0969.